The van der Waals surface area contributed by atoms with E-state index in [1.807, 2.05) is 0 Å². The molecule has 0 amide bonds. The third-order valence-electron chi connectivity index (χ3n) is 3.93. The Morgan fingerprint density at radius 2 is 1.85 bits per heavy atom. The SMILES string of the molecule is COC(=O)C(C)Oc1cc2oc(=O)cc(C)c2cc1CCC(=O)OC(C)C. The molecule has 1 aromatic carbocycles. The molecule has 1 aromatic heterocycles. The van der Waals surface area contributed by atoms with Gasteiger partial charge in [-0.15, -0.1) is 0 Å². The highest BCUT2D eigenvalue weighted by atomic mass is 16.6. The normalized spacial score (nSPS) is 12.1. The zero-order valence-electron chi connectivity index (χ0n) is 16.2. The minimum Gasteiger partial charge on any atom is -0.479 e. The molecule has 2 rings (SSSR count). The van der Waals surface area contributed by atoms with Crippen LogP contribution in [0.5, 0.6) is 5.75 Å². The molecule has 1 atom stereocenters. The van der Waals surface area contributed by atoms with Gasteiger partial charge in [0.15, 0.2) is 6.10 Å². The molecule has 0 saturated carbocycles. The van der Waals surface area contributed by atoms with Crippen molar-refractivity contribution in [3.63, 3.8) is 0 Å². The van der Waals surface area contributed by atoms with Gasteiger partial charge in [-0.1, -0.05) is 0 Å². The van der Waals surface area contributed by atoms with Gasteiger partial charge in [-0.05, 0) is 51.3 Å². The van der Waals surface area contributed by atoms with Crippen LogP contribution in [0.3, 0.4) is 0 Å². The largest absolute Gasteiger partial charge is 0.479 e. The summed E-state index contributed by atoms with van der Waals surface area (Å²) in [5, 5.41) is 0.736. The van der Waals surface area contributed by atoms with Crippen LogP contribution < -0.4 is 10.4 Å². The summed E-state index contributed by atoms with van der Waals surface area (Å²) in [6, 6.07) is 4.76. The Bertz CT molecular complexity index is 895. The summed E-state index contributed by atoms with van der Waals surface area (Å²) in [5.74, 6) is -0.508. The molecule has 0 fully saturated rings. The third kappa shape index (κ3) is 5.32. The highest BCUT2D eigenvalue weighted by Crippen LogP contribution is 2.29. The van der Waals surface area contributed by atoms with Crippen molar-refractivity contribution >= 4 is 22.9 Å². The monoisotopic (exact) mass is 376 g/mol. The minimum absolute atomic E-state index is 0.155. The molecule has 0 N–H and O–H groups in total. The summed E-state index contributed by atoms with van der Waals surface area (Å²) in [6.45, 7) is 6.92. The number of hydrogen-bond donors (Lipinski definition) is 0. The van der Waals surface area contributed by atoms with Gasteiger partial charge in [-0.3, -0.25) is 4.79 Å². The average Bonchev–Trinajstić information content (AvgIpc) is 2.58. The van der Waals surface area contributed by atoms with Gasteiger partial charge in [0.05, 0.1) is 13.2 Å². The summed E-state index contributed by atoms with van der Waals surface area (Å²) in [6.07, 6.45) is -0.544. The van der Waals surface area contributed by atoms with Gasteiger partial charge in [0.2, 0.25) is 0 Å². The van der Waals surface area contributed by atoms with Gasteiger partial charge in [0, 0.05) is 23.9 Å². The van der Waals surface area contributed by atoms with Gasteiger partial charge in [0.1, 0.15) is 11.3 Å². The van der Waals surface area contributed by atoms with Crippen molar-refractivity contribution in [3.8, 4) is 5.75 Å². The van der Waals surface area contributed by atoms with E-state index in [1.165, 1.54) is 13.2 Å². The molecule has 0 aliphatic heterocycles. The fourth-order valence-electron chi connectivity index (χ4n) is 2.66. The fraction of sp³-hybridized carbons (Fsp3) is 0.450. The lowest BCUT2D eigenvalue weighted by Gasteiger charge is -2.17. The summed E-state index contributed by atoms with van der Waals surface area (Å²) >= 11 is 0. The van der Waals surface area contributed by atoms with E-state index in [9.17, 15) is 14.4 Å². The maximum atomic E-state index is 11.9. The Morgan fingerprint density at radius 3 is 2.48 bits per heavy atom. The summed E-state index contributed by atoms with van der Waals surface area (Å²) in [7, 11) is 1.27. The van der Waals surface area contributed by atoms with Crippen LogP contribution in [0.15, 0.2) is 27.4 Å². The van der Waals surface area contributed by atoms with Gasteiger partial charge in [-0.2, -0.15) is 0 Å². The maximum Gasteiger partial charge on any atom is 0.346 e. The Kier molecular flexibility index (Phi) is 6.60. The quantitative estimate of drug-likeness (QED) is 0.542. The number of carbonyl (C=O) groups excluding carboxylic acids is 2. The second kappa shape index (κ2) is 8.70. The van der Waals surface area contributed by atoms with Crippen molar-refractivity contribution in [1.29, 1.82) is 0 Å². The van der Waals surface area contributed by atoms with Crippen LogP contribution in [0.1, 0.15) is 38.3 Å². The molecule has 27 heavy (non-hydrogen) atoms. The molecular weight excluding hydrogens is 352 g/mol. The highest BCUT2D eigenvalue weighted by molar-refractivity contribution is 5.83. The van der Waals surface area contributed by atoms with Crippen LogP contribution in [0, 0.1) is 6.92 Å². The van der Waals surface area contributed by atoms with Crippen LogP contribution >= 0.6 is 0 Å². The first-order valence-corrected chi connectivity index (χ1v) is 8.72. The van der Waals surface area contributed by atoms with Gasteiger partial charge < -0.3 is 18.6 Å². The lowest BCUT2D eigenvalue weighted by molar-refractivity contribution is -0.148. The van der Waals surface area contributed by atoms with Gasteiger partial charge in [0.25, 0.3) is 0 Å². The van der Waals surface area contributed by atoms with Gasteiger partial charge in [-0.25, -0.2) is 9.59 Å². The zero-order chi connectivity index (χ0) is 20.1. The van der Waals surface area contributed by atoms with E-state index in [4.69, 9.17) is 13.9 Å². The Balaban J connectivity index is 2.40. The predicted molar refractivity (Wildman–Crippen MR) is 98.9 cm³/mol. The fourth-order valence-corrected chi connectivity index (χ4v) is 2.66. The number of fused-ring (bicyclic) bond motifs is 1. The highest BCUT2D eigenvalue weighted by Gasteiger charge is 2.19. The average molecular weight is 376 g/mol. The number of esters is 2. The molecule has 1 heterocycles. The Hall–Kier alpha value is -2.83. The molecule has 0 aliphatic carbocycles. The molecule has 0 radical (unpaired) electrons. The van der Waals surface area contributed by atoms with Crippen molar-refractivity contribution in [2.24, 2.45) is 0 Å². The smallest absolute Gasteiger partial charge is 0.346 e. The third-order valence-corrected chi connectivity index (χ3v) is 3.93. The van der Waals surface area contributed by atoms with Crippen molar-refractivity contribution in [2.75, 3.05) is 7.11 Å². The van der Waals surface area contributed by atoms with E-state index < -0.39 is 17.7 Å². The van der Waals surface area contributed by atoms with E-state index in [-0.39, 0.29) is 18.5 Å². The molecule has 1 unspecified atom stereocenters. The first kappa shape index (κ1) is 20.5. The Labute approximate surface area is 157 Å². The topological polar surface area (TPSA) is 92.0 Å². The van der Waals surface area contributed by atoms with Crippen LogP contribution in [0.25, 0.3) is 11.0 Å². The number of rotatable bonds is 7. The van der Waals surface area contributed by atoms with Gasteiger partial charge >= 0.3 is 17.6 Å². The summed E-state index contributed by atoms with van der Waals surface area (Å²) in [4.78, 5) is 35.2. The van der Waals surface area contributed by atoms with E-state index >= 15 is 0 Å². The lowest BCUT2D eigenvalue weighted by atomic mass is 10.0. The zero-order valence-corrected chi connectivity index (χ0v) is 16.2. The standard InChI is InChI=1S/C20H24O7/c1-11(2)25-18(21)7-6-14-9-15-12(3)8-19(22)27-17(15)10-16(14)26-13(4)20(23)24-5/h8-11,13H,6-7H2,1-5H3. The maximum absolute atomic E-state index is 11.9. The first-order chi connectivity index (χ1) is 12.7. The molecule has 7 heteroatoms. The Morgan fingerprint density at radius 1 is 1.15 bits per heavy atom. The van der Waals surface area contributed by atoms with Crippen LogP contribution in [0.4, 0.5) is 0 Å². The molecule has 0 aliphatic rings. The number of methoxy groups -OCH3 is 1. The molecule has 0 saturated heterocycles. The number of ether oxygens (including phenoxy) is 3. The van der Waals surface area contributed by atoms with Crippen molar-refractivity contribution in [1.82, 2.24) is 0 Å². The van der Waals surface area contributed by atoms with Crippen molar-refractivity contribution < 1.29 is 28.2 Å². The lowest BCUT2D eigenvalue weighted by Crippen LogP contribution is -2.25. The van der Waals surface area contributed by atoms with Crippen LogP contribution in [0.2, 0.25) is 0 Å². The van der Waals surface area contributed by atoms with E-state index in [2.05, 4.69) is 4.74 Å². The van der Waals surface area contributed by atoms with E-state index in [0.717, 1.165) is 10.9 Å². The number of benzene rings is 1. The minimum atomic E-state index is -0.856. The molecule has 0 spiro atoms. The summed E-state index contributed by atoms with van der Waals surface area (Å²) < 4.78 is 20.8. The number of carbonyl (C=O) groups is 2. The second-order valence-corrected chi connectivity index (χ2v) is 6.53. The first-order valence-electron chi connectivity index (χ1n) is 8.72. The van der Waals surface area contributed by atoms with Crippen molar-refractivity contribution in [3.05, 3.63) is 39.7 Å². The predicted octanol–water partition coefficient (Wildman–Crippen LogP) is 2.93. The second-order valence-electron chi connectivity index (χ2n) is 6.53. The number of aryl methyl sites for hydroxylation is 2. The van der Waals surface area contributed by atoms with E-state index in [1.54, 1.807) is 39.8 Å². The van der Waals surface area contributed by atoms with Crippen LogP contribution in [-0.4, -0.2) is 31.3 Å². The van der Waals surface area contributed by atoms with Crippen molar-refractivity contribution in [2.45, 2.75) is 52.7 Å². The van der Waals surface area contributed by atoms with Crippen LogP contribution in [-0.2, 0) is 25.5 Å². The summed E-state index contributed by atoms with van der Waals surface area (Å²) in [5.41, 5.74) is 1.33. The molecule has 7 nitrogen and oxygen atoms in total. The number of hydrogen-bond acceptors (Lipinski definition) is 7. The molecular formula is C20H24O7. The molecule has 2 aromatic rings. The molecule has 146 valence electrons. The molecule has 0 bridgehead atoms. The van der Waals surface area contributed by atoms with E-state index in [0.29, 0.717) is 23.3 Å².